The van der Waals surface area contributed by atoms with Crippen molar-refractivity contribution in [1.82, 2.24) is 10.2 Å². The molecular formula is C15H32N2O. The minimum absolute atomic E-state index is 0.219. The Morgan fingerprint density at radius 1 is 1.22 bits per heavy atom. The van der Waals surface area contributed by atoms with Crippen LogP contribution < -0.4 is 5.32 Å². The Labute approximate surface area is 113 Å². The summed E-state index contributed by atoms with van der Waals surface area (Å²) in [6.07, 6.45) is 4.11. The van der Waals surface area contributed by atoms with Crippen LogP contribution in [0.3, 0.4) is 0 Å². The molecule has 1 saturated heterocycles. The highest BCUT2D eigenvalue weighted by atomic mass is 16.5. The monoisotopic (exact) mass is 256 g/mol. The van der Waals surface area contributed by atoms with Crippen molar-refractivity contribution in [2.75, 3.05) is 26.2 Å². The van der Waals surface area contributed by atoms with Crippen LogP contribution in [0.4, 0.5) is 0 Å². The lowest BCUT2D eigenvalue weighted by atomic mass is 10.0. The van der Waals surface area contributed by atoms with Gasteiger partial charge in [-0.15, -0.1) is 0 Å². The molecule has 1 aliphatic heterocycles. The van der Waals surface area contributed by atoms with Crippen molar-refractivity contribution >= 4 is 0 Å². The molecule has 18 heavy (non-hydrogen) atoms. The van der Waals surface area contributed by atoms with Gasteiger partial charge in [-0.05, 0) is 47.0 Å². The minimum atomic E-state index is 0.219. The molecule has 1 aliphatic rings. The number of nitrogens with zero attached hydrogens (tertiary/aromatic N) is 1. The average Bonchev–Trinajstić information content (AvgIpc) is 2.31. The zero-order valence-corrected chi connectivity index (χ0v) is 13.0. The maximum atomic E-state index is 5.72. The fourth-order valence-corrected chi connectivity index (χ4v) is 2.60. The molecule has 3 nitrogen and oxygen atoms in total. The van der Waals surface area contributed by atoms with Crippen molar-refractivity contribution in [3.05, 3.63) is 0 Å². The molecule has 0 radical (unpaired) electrons. The third kappa shape index (κ3) is 5.68. The van der Waals surface area contributed by atoms with Crippen LogP contribution in [-0.4, -0.2) is 48.8 Å². The second-order valence-corrected chi connectivity index (χ2v) is 6.38. The molecule has 1 unspecified atom stereocenters. The highest BCUT2D eigenvalue weighted by molar-refractivity contribution is 4.82. The molecule has 0 aliphatic carbocycles. The van der Waals surface area contributed by atoms with Crippen molar-refractivity contribution in [3.8, 4) is 0 Å². The van der Waals surface area contributed by atoms with Crippen LogP contribution in [0.15, 0.2) is 0 Å². The highest BCUT2D eigenvalue weighted by Gasteiger charge is 2.25. The number of nitrogens with one attached hydrogen (secondary N) is 1. The van der Waals surface area contributed by atoms with E-state index in [2.05, 4.69) is 44.8 Å². The zero-order chi connectivity index (χ0) is 13.6. The number of rotatable bonds is 6. The van der Waals surface area contributed by atoms with Crippen LogP contribution in [-0.2, 0) is 4.74 Å². The molecule has 0 amide bonds. The molecule has 1 atom stereocenters. The lowest BCUT2D eigenvalue weighted by Crippen LogP contribution is -2.50. The first-order chi connectivity index (χ1) is 8.46. The van der Waals surface area contributed by atoms with Crippen LogP contribution in [0.5, 0.6) is 0 Å². The van der Waals surface area contributed by atoms with Gasteiger partial charge in [-0.1, -0.05) is 6.92 Å². The standard InChI is InChI=1S/C15H32N2O/c1-6-13(12-16-15(3,4)5)17-10-8-14(9-11-17)18-7-2/h13-14,16H,6-12H2,1-5H3. The predicted octanol–water partition coefficient (Wildman–Crippen LogP) is 2.65. The molecular weight excluding hydrogens is 224 g/mol. The Balaban J connectivity index is 2.34. The van der Waals surface area contributed by atoms with Gasteiger partial charge in [0.25, 0.3) is 0 Å². The van der Waals surface area contributed by atoms with E-state index in [1.807, 2.05) is 0 Å². The summed E-state index contributed by atoms with van der Waals surface area (Å²) in [6, 6.07) is 0.673. The number of hydrogen-bond donors (Lipinski definition) is 1. The first kappa shape index (κ1) is 15.9. The maximum absolute atomic E-state index is 5.72. The van der Waals surface area contributed by atoms with E-state index in [1.165, 1.54) is 32.4 Å². The fraction of sp³-hybridized carbons (Fsp3) is 1.00. The Bertz CT molecular complexity index is 217. The third-order valence-corrected chi connectivity index (χ3v) is 3.73. The molecule has 1 rings (SSSR count). The summed E-state index contributed by atoms with van der Waals surface area (Å²) in [5.41, 5.74) is 0.219. The topological polar surface area (TPSA) is 24.5 Å². The maximum Gasteiger partial charge on any atom is 0.0599 e. The number of ether oxygens (including phenoxy) is 1. The lowest BCUT2D eigenvalue weighted by Gasteiger charge is -2.38. The molecule has 0 spiro atoms. The van der Waals surface area contributed by atoms with Crippen LogP contribution in [0, 0.1) is 0 Å². The van der Waals surface area contributed by atoms with E-state index in [1.54, 1.807) is 0 Å². The number of hydrogen-bond acceptors (Lipinski definition) is 3. The third-order valence-electron chi connectivity index (χ3n) is 3.73. The molecule has 1 N–H and O–H groups in total. The van der Waals surface area contributed by atoms with E-state index in [0.29, 0.717) is 12.1 Å². The number of piperidine rings is 1. The van der Waals surface area contributed by atoms with Crippen molar-refractivity contribution in [2.45, 2.75) is 71.6 Å². The van der Waals surface area contributed by atoms with Gasteiger partial charge in [0.1, 0.15) is 0 Å². The summed E-state index contributed by atoms with van der Waals surface area (Å²) in [4.78, 5) is 2.63. The van der Waals surface area contributed by atoms with Gasteiger partial charge in [-0.3, -0.25) is 4.90 Å². The molecule has 0 bridgehead atoms. The molecule has 1 fully saturated rings. The first-order valence-electron chi connectivity index (χ1n) is 7.57. The van der Waals surface area contributed by atoms with E-state index in [-0.39, 0.29) is 5.54 Å². The van der Waals surface area contributed by atoms with Gasteiger partial charge in [0.15, 0.2) is 0 Å². The SMILES string of the molecule is CCOC1CCN(C(CC)CNC(C)(C)C)CC1. The van der Waals surface area contributed by atoms with Crippen LogP contribution in [0.1, 0.15) is 53.9 Å². The molecule has 0 aromatic rings. The second-order valence-electron chi connectivity index (χ2n) is 6.38. The van der Waals surface area contributed by atoms with E-state index < -0.39 is 0 Å². The summed E-state index contributed by atoms with van der Waals surface area (Å²) in [5.74, 6) is 0. The Hall–Kier alpha value is -0.120. The van der Waals surface area contributed by atoms with Crippen molar-refractivity contribution < 1.29 is 4.74 Å². The van der Waals surface area contributed by atoms with Crippen molar-refractivity contribution in [3.63, 3.8) is 0 Å². The predicted molar refractivity (Wildman–Crippen MR) is 78.1 cm³/mol. The Morgan fingerprint density at radius 3 is 2.28 bits per heavy atom. The molecule has 3 heteroatoms. The van der Waals surface area contributed by atoms with Gasteiger partial charge in [-0.25, -0.2) is 0 Å². The fourth-order valence-electron chi connectivity index (χ4n) is 2.60. The van der Waals surface area contributed by atoms with Crippen LogP contribution in [0.25, 0.3) is 0 Å². The summed E-state index contributed by atoms with van der Waals surface area (Å²) in [7, 11) is 0. The van der Waals surface area contributed by atoms with Gasteiger partial charge in [0, 0.05) is 37.8 Å². The summed E-state index contributed by atoms with van der Waals surface area (Å²) >= 11 is 0. The van der Waals surface area contributed by atoms with Gasteiger partial charge >= 0.3 is 0 Å². The molecule has 0 aromatic carbocycles. The smallest absolute Gasteiger partial charge is 0.0599 e. The zero-order valence-electron chi connectivity index (χ0n) is 13.0. The summed E-state index contributed by atoms with van der Waals surface area (Å²) in [6.45, 7) is 15.4. The normalized spacial score (nSPS) is 21.2. The minimum Gasteiger partial charge on any atom is -0.378 e. The molecule has 0 aromatic heterocycles. The van der Waals surface area contributed by atoms with Gasteiger partial charge < -0.3 is 10.1 Å². The summed E-state index contributed by atoms with van der Waals surface area (Å²) in [5, 5.41) is 3.63. The molecule has 0 saturated carbocycles. The van der Waals surface area contributed by atoms with E-state index >= 15 is 0 Å². The lowest BCUT2D eigenvalue weighted by molar-refractivity contribution is 0.00298. The first-order valence-corrected chi connectivity index (χ1v) is 7.57. The summed E-state index contributed by atoms with van der Waals surface area (Å²) < 4.78 is 5.72. The van der Waals surface area contributed by atoms with E-state index in [9.17, 15) is 0 Å². The highest BCUT2D eigenvalue weighted by Crippen LogP contribution is 2.17. The quantitative estimate of drug-likeness (QED) is 0.791. The van der Waals surface area contributed by atoms with Gasteiger partial charge in [0.2, 0.25) is 0 Å². The second kappa shape index (κ2) is 7.46. The van der Waals surface area contributed by atoms with E-state index in [0.717, 1.165) is 13.2 Å². The van der Waals surface area contributed by atoms with Gasteiger partial charge in [0.05, 0.1) is 6.10 Å². The van der Waals surface area contributed by atoms with E-state index in [4.69, 9.17) is 4.74 Å². The van der Waals surface area contributed by atoms with Crippen LogP contribution in [0.2, 0.25) is 0 Å². The molecule has 108 valence electrons. The average molecular weight is 256 g/mol. The Morgan fingerprint density at radius 2 is 1.83 bits per heavy atom. The molecule has 1 heterocycles. The van der Waals surface area contributed by atoms with Gasteiger partial charge in [-0.2, -0.15) is 0 Å². The van der Waals surface area contributed by atoms with Crippen LogP contribution >= 0.6 is 0 Å². The van der Waals surface area contributed by atoms with Crippen molar-refractivity contribution in [1.29, 1.82) is 0 Å². The largest absolute Gasteiger partial charge is 0.378 e. The van der Waals surface area contributed by atoms with Crippen molar-refractivity contribution in [2.24, 2.45) is 0 Å². The Kier molecular flexibility index (Phi) is 6.61. The number of likely N-dealkylation sites (tertiary alicyclic amines) is 1.